The number of ether oxygens (including phenoxy) is 1. The van der Waals surface area contributed by atoms with E-state index in [-0.39, 0.29) is 12.5 Å². The van der Waals surface area contributed by atoms with Crippen LogP contribution in [0.15, 0.2) is 9.63 Å². The number of carbonyl (C=O) groups is 1. The summed E-state index contributed by atoms with van der Waals surface area (Å²) in [5.41, 5.74) is 2.01. The molecule has 0 aliphatic rings. The number of aromatic nitrogens is 6. The van der Waals surface area contributed by atoms with Crippen LogP contribution in [0, 0.1) is 6.92 Å². The highest BCUT2D eigenvalue weighted by molar-refractivity contribution is 9.10. The van der Waals surface area contributed by atoms with Crippen molar-refractivity contribution >= 4 is 33.7 Å². The highest BCUT2D eigenvalue weighted by atomic mass is 79.9. The third kappa shape index (κ3) is 3.62. The molecule has 0 fully saturated rings. The number of methoxy groups -OCH3 is 1. The van der Waals surface area contributed by atoms with Crippen molar-refractivity contribution in [1.82, 2.24) is 30.0 Å². The number of tetrazole rings is 1. The van der Waals surface area contributed by atoms with Gasteiger partial charge in [0.1, 0.15) is 6.54 Å². The molecule has 0 unspecified atom stereocenters. The molecule has 21 heavy (non-hydrogen) atoms. The maximum absolute atomic E-state index is 11.3. The lowest BCUT2D eigenvalue weighted by Crippen LogP contribution is -2.14. The fourth-order valence-corrected chi connectivity index (χ4v) is 3.24. The van der Waals surface area contributed by atoms with Crippen molar-refractivity contribution in [1.29, 1.82) is 0 Å². The number of hydrogen-bond donors (Lipinski definition) is 0. The maximum Gasteiger partial charge on any atom is 0.327 e. The minimum Gasteiger partial charge on any atom is -0.468 e. The molecule has 2 rings (SSSR count). The van der Waals surface area contributed by atoms with Gasteiger partial charge in [-0.25, -0.2) is 4.68 Å². The Balaban J connectivity index is 2.10. The number of thioether (sulfide) groups is 1. The summed E-state index contributed by atoms with van der Waals surface area (Å²) in [4.78, 5) is 11.3. The van der Waals surface area contributed by atoms with E-state index in [0.29, 0.717) is 10.9 Å². The lowest BCUT2D eigenvalue weighted by Gasteiger charge is -2.05. The Hall–Kier alpha value is -1.42. The summed E-state index contributed by atoms with van der Waals surface area (Å²) in [7, 11) is 1.33. The lowest BCUT2D eigenvalue weighted by molar-refractivity contribution is -0.141. The number of halogens is 1. The first-order valence-corrected chi connectivity index (χ1v) is 8.02. The zero-order valence-corrected chi connectivity index (χ0v) is 14.3. The molecule has 2 heterocycles. The molecule has 0 atom stereocenters. The quantitative estimate of drug-likeness (QED) is 0.557. The van der Waals surface area contributed by atoms with Crippen LogP contribution in [0.25, 0.3) is 0 Å². The molecule has 0 aliphatic heterocycles. The molecule has 0 bridgehead atoms. The first kappa shape index (κ1) is 16.0. The normalized spacial score (nSPS) is 10.9. The van der Waals surface area contributed by atoms with Crippen molar-refractivity contribution in [2.75, 3.05) is 7.11 Å². The van der Waals surface area contributed by atoms with Crippen molar-refractivity contribution in [3.8, 4) is 0 Å². The topological polar surface area (TPSA) is 87.7 Å². The molecular weight excluding hydrogens is 360 g/mol. The van der Waals surface area contributed by atoms with Crippen molar-refractivity contribution in [2.45, 2.75) is 37.8 Å². The molecule has 114 valence electrons. The van der Waals surface area contributed by atoms with E-state index in [9.17, 15) is 4.79 Å². The second-order valence-electron chi connectivity index (χ2n) is 4.15. The van der Waals surface area contributed by atoms with Crippen LogP contribution < -0.4 is 0 Å². The smallest absolute Gasteiger partial charge is 0.327 e. The van der Waals surface area contributed by atoms with Crippen LogP contribution in [0.5, 0.6) is 0 Å². The molecule has 0 saturated heterocycles. The second kappa shape index (κ2) is 7.03. The van der Waals surface area contributed by atoms with Gasteiger partial charge in [0.25, 0.3) is 0 Å². The van der Waals surface area contributed by atoms with Gasteiger partial charge in [0.2, 0.25) is 5.16 Å². The molecule has 0 N–H and O–H groups in total. The largest absolute Gasteiger partial charge is 0.468 e. The van der Waals surface area contributed by atoms with E-state index in [1.54, 1.807) is 0 Å². The molecule has 2 aromatic rings. The van der Waals surface area contributed by atoms with E-state index in [2.05, 4.69) is 41.3 Å². The first-order chi connectivity index (χ1) is 10.1. The van der Waals surface area contributed by atoms with Crippen LogP contribution in [0.1, 0.15) is 18.3 Å². The number of carbonyl (C=O) groups excluding carboxylic acids is 1. The average Bonchev–Trinajstić information content (AvgIpc) is 3.02. The summed E-state index contributed by atoms with van der Waals surface area (Å²) in [6.07, 6.45) is 0. The van der Waals surface area contributed by atoms with E-state index in [0.717, 1.165) is 22.4 Å². The van der Waals surface area contributed by atoms with Gasteiger partial charge in [-0.1, -0.05) is 11.8 Å². The van der Waals surface area contributed by atoms with Crippen molar-refractivity contribution in [3.63, 3.8) is 0 Å². The molecule has 0 aliphatic carbocycles. The molecule has 0 amide bonds. The Morgan fingerprint density at radius 1 is 1.43 bits per heavy atom. The SMILES string of the molecule is CCn1nc(C)c(Br)c1CSc1nnnn1CC(=O)OC. The minimum atomic E-state index is -0.389. The second-order valence-corrected chi connectivity index (χ2v) is 5.88. The van der Waals surface area contributed by atoms with Crippen molar-refractivity contribution < 1.29 is 9.53 Å². The summed E-state index contributed by atoms with van der Waals surface area (Å²) in [6.45, 7) is 4.77. The van der Waals surface area contributed by atoms with Crippen LogP contribution in [0.2, 0.25) is 0 Å². The van der Waals surface area contributed by atoms with Gasteiger partial charge >= 0.3 is 5.97 Å². The van der Waals surface area contributed by atoms with E-state index in [4.69, 9.17) is 0 Å². The van der Waals surface area contributed by atoms with Gasteiger partial charge in [0.15, 0.2) is 0 Å². The average molecular weight is 375 g/mol. The monoisotopic (exact) mass is 374 g/mol. The van der Waals surface area contributed by atoms with Crippen LogP contribution >= 0.6 is 27.7 Å². The number of aryl methyl sites for hydroxylation is 2. The number of nitrogens with zero attached hydrogens (tertiary/aromatic N) is 6. The number of esters is 1. The Morgan fingerprint density at radius 2 is 2.19 bits per heavy atom. The van der Waals surface area contributed by atoms with Crippen LogP contribution in [0.3, 0.4) is 0 Å². The third-order valence-electron chi connectivity index (χ3n) is 2.80. The Morgan fingerprint density at radius 3 is 2.86 bits per heavy atom. The maximum atomic E-state index is 11.3. The van der Waals surface area contributed by atoms with Gasteiger partial charge < -0.3 is 4.74 Å². The fourth-order valence-electron chi connectivity index (χ4n) is 1.73. The van der Waals surface area contributed by atoms with Gasteiger partial charge in [-0.2, -0.15) is 5.10 Å². The summed E-state index contributed by atoms with van der Waals surface area (Å²) in [5.74, 6) is 0.261. The zero-order valence-electron chi connectivity index (χ0n) is 11.9. The fraction of sp³-hybridized carbons (Fsp3) is 0.545. The molecule has 2 aromatic heterocycles. The third-order valence-corrected chi connectivity index (χ3v) is 4.80. The molecule has 0 aromatic carbocycles. The summed E-state index contributed by atoms with van der Waals surface area (Å²) >= 11 is 4.99. The molecular formula is C11H15BrN6O2S. The summed E-state index contributed by atoms with van der Waals surface area (Å²) in [5, 5.41) is 16.3. The Labute approximate surface area is 134 Å². The van der Waals surface area contributed by atoms with Crippen LogP contribution in [-0.4, -0.2) is 43.1 Å². The highest BCUT2D eigenvalue weighted by Crippen LogP contribution is 2.27. The Bertz CT molecular complexity index is 641. The van der Waals surface area contributed by atoms with E-state index >= 15 is 0 Å². The van der Waals surface area contributed by atoms with Crippen molar-refractivity contribution in [2.24, 2.45) is 0 Å². The molecule has 0 radical (unpaired) electrons. The number of rotatable bonds is 6. The van der Waals surface area contributed by atoms with Gasteiger partial charge in [-0.15, -0.1) is 5.10 Å². The first-order valence-electron chi connectivity index (χ1n) is 6.24. The van der Waals surface area contributed by atoms with E-state index in [1.165, 1.54) is 23.6 Å². The van der Waals surface area contributed by atoms with Gasteiger partial charge in [-0.05, 0) is 40.2 Å². The Kier molecular flexibility index (Phi) is 5.34. The van der Waals surface area contributed by atoms with Crippen LogP contribution in [0.4, 0.5) is 0 Å². The summed E-state index contributed by atoms with van der Waals surface area (Å²) < 4.78 is 8.96. The van der Waals surface area contributed by atoms with E-state index in [1.807, 2.05) is 18.5 Å². The van der Waals surface area contributed by atoms with Gasteiger partial charge in [0.05, 0.1) is 23.0 Å². The van der Waals surface area contributed by atoms with Gasteiger partial charge in [0, 0.05) is 12.3 Å². The highest BCUT2D eigenvalue weighted by Gasteiger charge is 2.16. The van der Waals surface area contributed by atoms with Crippen LogP contribution in [-0.2, 0) is 28.4 Å². The van der Waals surface area contributed by atoms with Gasteiger partial charge in [-0.3, -0.25) is 9.48 Å². The van der Waals surface area contributed by atoms with Crippen molar-refractivity contribution in [3.05, 3.63) is 15.9 Å². The van der Waals surface area contributed by atoms with E-state index < -0.39 is 0 Å². The molecule has 8 nitrogen and oxygen atoms in total. The summed E-state index contributed by atoms with van der Waals surface area (Å²) in [6, 6.07) is 0. The minimum absolute atomic E-state index is 0.000922. The standard InChI is InChI=1S/C11H15BrN6O2S/c1-4-17-8(10(12)7(2)14-17)6-21-11-13-15-16-18(11)5-9(19)20-3/h4-6H2,1-3H3. The predicted molar refractivity (Wildman–Crippen MR) is 79.7 cm³/mol. The predicted octanol–water partition coefficient (Wildman–Crippen LogP) is 1.43. The molecule has 0 saturated carbocycles. The molecule has 10 heteroatoms. The number of hydrogen-bond acceptors (Lipinski definition) is 7. The molecule has 0 spiro atoms. The zero-order chi connectivity index (χ0) is 15.4. The lowest BCUT2D eigenvalue weighted by atomic mass is 10.4.